The lowest BCUT2D eigenvalue weighted by Crippen LogP contribution is -2.39. The van der Waals surface area contributed by atoms with Crippen LogP contribution in [0.1, 0.15) is 18.9 Å². The molecule has 0 aliphatic heterocycles. The second kappa shape index (κ2) is 8.41. The van der Waals surface area contributed by atoms with Gasteiger partial charge in [0.2, 0.25) is 5.91 Å². The van der Waals surface area contributed by atoms with Gasteiger partial charge in [-0.25, -0.2) is 0 Å². The van der Waals surface area contributed by atoms with Crippen molar-refractivity contribution in [1.29, 1.82) is 0 Å². The highest BCUT2D eigenvalue weighted by Gasteiger charge is 2.22. The first-order valence-electron chi connectivity index (χ1n) is 7.74. The Morgan fingerprint density at radius 3 is 2.65 bits per heavy atom. The van der Waals surface area contributed by atoms with Crippen molar-refractivity contribution in [2.24, 2.45) is 11.7 Å². The summed E-state index contributed by atoms with van der Waals surface area (Å²) in [7, 11) is 0. The van der Waals surface area contributed by atoms with Gasteiger partial charge in [0, 0.05) is 18.2 Å². The molecule has 1 amide bonds. The van der Waals surface area contributed by atoms with Crippen LogP contribution >= 0.6 is 0 Å². The monoisotopic (exact) mass is 313 g/mol. The highest BCUT2D eigenvalue weighted by atomic mass is 16.3. The fraction of sp³-hybridized carbons (Fsp3) is 0.333. The average molecular weight is 313 g/mol. The van der Waals surface area contributed by atoms with Gasteiger partial charge < -0.3 is 16.2 Å². The zero-order valence-corrected chi connectivity index (χ0v) is 13.2. The van der Waals surface area contributed by atoms with E-state index < -0.39 is 12.1 Å². The Morgan fingerprint density at radius 2 is 2.00 bits per heavy atom. The lowest BCUT2D eigenvalue weighted by atomic mass is 9.94. The number of hydrogen-bond acceptors (Lipinski definition) is 4. The van der Waals surface area contributed by atoms with Gasteiger partial charge in [-0.2, -0.15) is 0 Å². The summed E-state index contributed by atoms with van der Waals surface area (Å²) in [6.07, 6.45) is 3.40. The molecule has 0 aliphatic rings. The largest absolute Gasteiger partial charge is 0.391 e. The molecule has 5 nitrogen and oxygen atoms in total. The molecular formula is C18H23N3O2. The Morgan fingerprint density at radius 1 is 1.26 bits per heavy atom. The summed E-state index contributed by atoms with van der Waals surface area (Å²) in [5.41, 5.74) is 7.78. The molecule has 122 valence electrons. The smallest absolute Gasteiger partial charge is 0.227 e. The van der Waals surface area contributed by atoms with Gasteiger partial charge >= 0.3 is 0 Å². The molecule has 2 rings (SSSR count). The van der Waals surface area contributed by atoms with Crippen molar-refractivity contribution < 1.29 is 9.90 Å². The number of anilines is 1. The molecule has 0 radical (unpaired) electrons. The number of pyridine rings is 1. The maximum atomic E-state index is 12.1. The Labute approximate surface area is 136 Å². The van der Waals surface area contributed by atoms with Crippen molar-refractivity contribution in [1.82, 2.24) is 4.98 Å². The van der Waals surface area contributed by atoms with Crippen LogP contribution in [0.25, 0.3) is 0 Å². The third kappa shape index (κ3) is 5.47. The normalized spacial score (nSPS) is 14.7. The van der Waals surface area contributed by atoms with Crippen molar-refractivity contribution in [3.63, 3.8) is 0 Å². The van der Waals surface area contributed by atoms with Crippen LogP contribution < -0.4 is 11.1 Å². The van der Waals surface area contributed by atoms with Gasteiger partial charge in [0.15, 0.2) is 0 Å². The highest BCUT2D eigenvalue weighted by molar-refractivity contribution is 5.92. The standard InChI is InChI=1S/C18H23N3O2/c1-13(18(23)21-15-8-5-9-20-12-15)10-17(22)16(19)11-14-6-3-2-4-7-14/h2-9,12-13,16-17,22H,10-11,19H2,1H3,(H,21,23)/t13-,16+,17+/m1/s1. The van der Waals surface area contributed by atoms with Gasteiger partial charge in [-0.15, -0.1) is 0 Å². The minimum Gasteiger partial charge on any atom is -0.391 e. The minimum atomic E-state index is -0.732. The summed E-state index contributed by atoms with van der Waals surface area (Å²) < 4.78 is 0. The quantitative estimate of drug-likeness (QED) is 0.729. The van der Waals surface area contributed by atoms with Gasteiger partial charge in [0.25, 0.3) is 0 Å². The summed E-state index contributed by atoms with van der Waals surface area (Å²) in [6.45, 7) is 1.78. The molecule has 0 fully saturated rings. The summed E-state index contributed by atoms with van der Waals surface area (Å²) in [6, 6.07) is 12.9. The number of amides is 1. The SMILES string of the molecule is C[C@H](C[C@H](O)[C@@H](N)Cc1ccccc1)C(=O)Nc1cccnc1. The van der Waals surface area contributed by atoms with Gasteiger partial charge in [0.05, 0.1) is 18.0 Å². The number of aliphatic hydroxyl groups is 1. The van der Waals surface area contributed by atoms with Crippen molar-refractivity contribution in [3.05, 3.63) is 60.4 Å². The second-order valence-corrected chi connectivity index (χ2v) is 5.79. The number of benzene rings is 1. The third-order valence-corrected chi connectivity index (χ3v) is 3.78. The van der Waals surface area contributed by atoms with E-state index in [1.807, 2.05) is 30.3 Å². The number of nitrogens with one attached hydrogen (secondary N) is 1. The third-order valence-electron chi connectivity index (χ3n) is 3.78. The molecule has 0 bridgehead atoms. The number of carbonyl (C=O) groups excluding carboxylic acids is 1. The van der Waals surface area contributed by atoms with Crippen molar-refractivity contribution in [3.8, 4) is 0 Å². The van der Waals surface area contributed by atoms with Crippen LogP contribution in [-0.4, -0.2) is 28.1 Å². The molecule has 5 heteroatoms. The molecule has 1 aromatic heterocycles. The van der Waals surface area contributed by atoms with E-state index >= 15 is 0 Å². The molecule has 0 unspecified atom stereocenters. The van der Waals surface area contributed by atoms with Crippen LogP contribution in [0.5, 0.6) is 0 Å². The van der Waals surface area contributed by atoms with Crippen molar-refractivity contribution in [2.75, 3.05) is 5.32 Å². The maximum Gasteiger partial charge on any atom is 0.227 e. The number of nitrogens with zero attached hydrogens (tertiary/aromatic N) is 1. The zero-order valence-electron chi connectivity index (χ0n) is 13.2. The number of carbonyl (C=O) groups is 1. The molecule has 0 spiro atoms. The molecule has 3 atom stereocenters. The van der Waals surface area contributed by atoms with E-state index in [1.54, 1.807) is 31.5 Å². The van der Waals surface area contributed by atoms with Crippen molar-refractivity contribution >= 4 is 11.6 Å². The lowest BCUT2D eigenvalue weighted by Gasteiger charge is -2.22. The molecule has 1 aromatic carbocycles. The van der Waals surface area contributed by atoms with Crippen molar-refractivity contribution in [2.45, 2.75) is 31.9 Å². The van der Waals surface area contributed by atoms with E-state index in [-0.39, 0.29) is 11.8 Å². The molecular weight excluding hydrogens is 290 g/mol. The van der Waals surface area contributed by atoms with Crippen LogP contribution in [0.4, 0.5) is 5.69 Å². The minimum absolute atomic E-state index is 0.149. The number of nitrogens with two attached hydrogens (primary N) is 1. The Bertz CT molecular complexity index is 604. The zero-order chi connectivity index (χ0) is 16.7. The molecule has 23 heavy (non-hydrogen) atoms. The van der Waals surface area contributed by atoms with E-state index in [2.05, 4.69) is 10.3 Å². The first-order valence-corrected chi connectivity index (χ1v) is 7.74. The van der Waals surface area contributed by atoms with E-state index in [4.69, 9.17) is 5.73 Å². The first-order chi connectivity index (χ1) is 11.1. The molecule has 0 saturated carbocycles. The van der Waals surface area contributed by atoms with Gasteiger partial charge in [0.1, 0.15) is 0 Å². The molecule has 0 aliphatic carbocycles. The second-order valence-electron chi connectivity index (χ2n) is 5.79. The van der Waals surface area contributed by atoms with E-state index in [1.165, 1.54) is 0 Å². The maximum absolute atomic E-state index is 12.1. The van der Waals surface area contributed by atoms with Crippen LogP contribution in [0.15, 0.2) is 54.9 Å². The lowest BCUT2D eigenvalue weighted by molar-refractivity contribution is -0.120. The Kier molecular flexibility index (Phi) is 6.26. The number of aromatic nitrogens is 1. The highest BCUT2D eigenvalue weighted by Crippen LogP contribution is 2.14. The van der Waals surface area contributed by atoms with Crippen LogP contribution in [-0.2, 0) is 11.2 Å². The number of aliphatic hydroxyl groups excluding tert-OH is 1. The van der Waals surface area contributed by atoms with E-state index in [0.29, 0.717) is 18.5 Å². The van der Waals surface area contributed by atoms with Crippen LogP contribution in [0, 0.1) is 5.92 Å². The fourth-order valence-corrected chi connectivity index (χ4v) is 2.37. The summed E-state index contributed by atoms with van der Waals surface area (Å²) in [4.78, 5) is 16.1. The van der Waals surface area contributed by atoms with Crippen LogP contribution in [0.2, 0.25) is 0 Å². The number of hydrogen-bond donors (Lipinski definition) is 3. The fourth-order valence-electron chi connectivity index (χ4n) is 2.37. The van der Waals surface area contributed by atoms with Gasteiger partial charge in [-0.1, -0.05) is 37.3 Å². The summed E-state index contributed by atoms with van der Waals surface area (Å²) in [5, 5.41) is 13.0. The molecule has 2 aromatic rings. The predicted molar refractivity (Wildman–Crippen MR) is 90.8 cm³/mol. The van der Waals surface area contributed by atoms with E-state index in [9.17, 15) is 9.90 Å². The summed E-state index contributed by atoms with van der Waals surface area (Å²) >= 11 is 0. The van der Waals surface area contributed by atoms with Crippen LogP contribution in [0.3, 0.4) is 0 Å². The first kappa shape index (κ1) is 17.1. The predicted octanol–water partition coefficient (Wildman–Crippen LogP) is 1.98. The average Bonchev–Trinajstić information content (AvgIpc) is 2.56. The molecule has 4 N–H and O–H groups in total. The molecule has 1 heterocycles. The Hall–Kier alpha value is -2.24. The topological polar surface area (TPSA) is 88.2 Å². The molecule has 0 saturated heterocycles. The van der Waals surface area contributed by atoms with Gasteiger partial charge in [-0.05, 0) is 30.5 Å². The number of rotatable bonds is 7. The summed E-state index contributed by atoms with van der Waals surface area (Å²) in [5.74, 6) is -0.490. The Balaban J connectivity index is 1.83. The van der Waals surface area contributed by atoms with E-state index in [0.717, 1.165) is 5.56 Å². The van der Waals surface area contributed by atoms with Gasteiger partial charge in [-0.3, -0.25) is 9.78 Å².